The molecule has 0 aromatic heterocycles. The number of aliphatic hydroxyl groups is 1. The Hall–Kier alpha value is -2.73. The maximum Gasteiger partial charge on any atom is 0.168 e. The molecule has 2 unspecified atom stereocenters. The van der Waals surface area contributed by atoms with Crippen molar-refractivity contribution in [2.24, 2.45) is 0 Å². The molecule has 0 aliphatic carbocycles. The summed E-state index contributed by atoms with van der Waals surface area (Å²) in [5, 5.41) is 11.9. The van der Waals surface area contributed by atoms with Crippen LogP contribution < -0.4 is 4.89 Å². The number of ether oxygens (including phenoxy) is 1. The molecule has 0 bridgehead atoms. The summed E-state index contributed by atoms with van der Waals surface area (Å²) in [6.45, 7) is 2.97. The Balaban J connectivity index is 1.71. The highest BCUT2D eigenvalue weighted by Gasteiger charge is 2.34. The molecule has 1 N–H and O–H groups in total. The summed E-state index contributed by atoms with van der Waals surface area (Å²) < 4.78 is 19.2. The largest absolute Gasteiger partial charge is 0.380 e. The Kier molecular flexibility index (Phi) is 6.13. The fourth-order valence-corrected chi connectivity index (χ4v) is 3.84. The number of hydrogen-bond acceptors (Lipinski definition) is 4. The molecule has 0 radical (unpaired) electrons. The molecule has 0 saturated carbocycles. The maximum atomic E-state index is 13.8. The molecule has 0 fully saturated rings. The van der Waals surface area contributed by atoms with Crippen LogP contribution in [0.3, 0.4) is 0 Å². The van der Waals surface area contributed by atoms with Gasteiger partial charge in [0.1, 0.15) is 17.5 Å². The molecular formula is C25H25FO4. The minimum atomic E-state index is -1.32. The lowest BCUT2D eigenvalue weighted by molar-refractivity contribution is -0.264. The molecule has 4 rings (SSSR count). The van der Waals surface area contributed by atoms with Crippen LogP contribution in [0.15, 0.2) is 72.8 Å². The maximum absolute atomic E-state index is 13.8. The van der Waals surface area contributed by atoms with Crippen LogP contribution in [0.1, 0.15) is 29.2 Å². The highest BCUT2D eigenvalue weighted by atomic mass is 19.1. The lowest BCUT2D eigenvalue weighted by atomic mass is 9.80. The topological polar surface area (TPSA) is 47.9 Å². The zero-order valence-electron chi connectivity index (χ0n) is 16.9. The quantitative estimate of drug-likeness (QED) is 0.582. The standard InChI is InChI=1S/C25H25FO4/c1-2-28-17-23-15-19-14-21(11-12-24(19)30-29-23)25(27,20-8-4-3-5-9-20)16-18-7-6-10-22(26)13-18/h3-14,23,27H,2,15-17H2,1H3. The van der Waals surface area contributed by atoms with Crippen LogP contribution in [-0.4, -0.2) is 24.4 Å². The van der Waals surface area contributed by atoms with Crippen LogP contribution in [-0.2, 0) is 28.1 Å². The van der Waals surface area contributed by atoms with Gasteiger partial charge in [-0.2, -0.15) is 4.89 Å². The third kappa shape index (κ3) is 4.38. The van der Waals surface area contributed by atoms with Crippen LogP contribution in [0.25, 0.3) is 0 Å². The van der Waals surface area contributed by atoms with Crippen molar-refractivity contribution in [2.45, 2.75) is 31.5 Å². The molecule has 3 aromatic carbocycles. The van der Waals surface area contributed by atoms with E-state index in [1.54, 1.807) is 12.1 Å². The molecule has 4 nitrogen and oxygen atoms in total. The van der Waals surface area contributed by atoms with Crippen LogP contribution in [0.2, 0.25) is 0 Å². The van der Waals surface area contributed by atoms with Gasteiger partial charge in [0, 0.05) is 25.0 Å². The Bertz CT molecular complexity index is 991. The second-order valence-electron chi connectivity index (χ2n) is 7.52. The van der Waals surface area contributed by atoms with Crippen LogP contribution in [0, 0.1) is 5.82 Å². The van der Waals surface area contributed by atoms with Crippen LogP contribution in [0.4, 0.5) is 4.39 Å². The van der Waals surface area contributed by atoms with Gasteiger partial charge < -0.3 is 14.7 Å². The van der Waals surface area contributed by atoms with E-state index in [0.717, 1.165) is 16.7 Å². The SMILES string of the molecule is CCOCC1Cc2cc(C(O)(Cc3cccc(F)c3)c3ccccc3)ccc2OO1. The summed E-state index contributed by atoms with van der Waals surface area (Å²) in [5.41, 5.74) is 1.80. The summed E-state index contributed by atoms with van der Waals surface area (Å²) in [5.74, 6) is 0.310. The van der Waals surface area contributed by atoms with Crippen molar-refractivity contribution in [3.63, 3.8) is 0 Å². The first-order valence-electron chi connectivity index (χ1n) is 10.2. The van der Waals surface area contributed by atoms with Crippen LogP contribution >= 0.6 is 0 Å². The molecule has 0 amide bonds. The molecule has 0 spiro atoms. The average Bonchev–Trinajstić information content (AvgIpc) is 2.77. The summed E-state index contributed by atoms with van der Waals surface area (Å²) >= 11 is 0. The molecule has 5 heteroatoms. The van der Waals surface area contributed by atoms with E-state index in [1.807, 2.05) is 55.5 Å². The third-order valence-electron chi connectivity index (χ3n) is 5.37. The van der Waals surface area contributed by atoms with Crippen molar-refractivity contribution >= 4 is 0 Å². The van der Waals surface area contributed by atoms with Gasteiger partial charge in [-0.05, 0) is 47.9 Å². The van der Waals surface area contributed by atoms with Gasteiger partial charge in [0.25, 0.3) is 0 Å². The zero-order chi connectivity index (χ0) is 21.0. The van der Waals surface area contributed by atoms with E-state index in [0.29, 0.717) is 30.9 Å². The molecule has 30 heavy (non-hydrogen) atoms. The van der Waals surface area contributed by atoms with E-state index < -0.39 is 5.60 Å². The van der Waals surface area contributed by atoms with Gasteiger partial charge in [0.2, 0.25) is 0 Å². The first kappa shape index (κ1) is 20.5. The second-order valence-corrected chi connectivity index (χ2v) is 7.52. The number of benzene rings is 3. The lowest BCUT2D eigenvalue weighted by Crippen LogP contribution is -2.32. The number of fused-ring (bicyclic) bond motifs is 1. The Morgan fingerprint density at radius 3 is 2.63 bits per heavy atom. The van der Waals surface area contributed by atoms with E-state index in [-0.39, 0.29) is 18.3 Å². The summed E-state index contributed by atoms with van der Waals surface area (Å²) in [6.07, 6.45) is 0.655. The van der Waals surface area contributed by atoms with Gasteiger partial charge >= 0.3 is 0 Å². The van der Waals surface area contributed by atoms with Crippen molar-refractivity contribution < 1.29 is 24.0 Å². The normalized spacial score (nSPS) is 17.6. The Morgan fingerprint density at radius 1 is 1.03 bits per heavy atom. The lowest BCUT2D eigenvalue weighted by Gasteiger charge is -2.31. The molecule has 1 heterocycles. The summed E-state index contributed by atoms with van der Waals surface area (Å²) in [7, 11) is 0. The predicted octanol–water partition coefficient (Wildman–Crippen LogP) is 4.58. The van der Waals surface area contributed by atoms with Crippen molar-refractivity contribution in [1.82, 2.24) is 0 Å². The van der Waals surface area contributed by atoms with E-state index >= 15 is 0 Å². The average molecular weight is 408 g/mol. The fraction of sp³-hybridized carbons (Fsp3) is 0.280. The van der Waals surface area contributed by atoms with Crippen molar-refractivity contribution in [3.05, 3.63) is 101 Å². The van der Waals surface area contributed by atoms with E-state index in [1.165, 1.54) is 12.1 Å². The van der Waals surface area contributed by atoms with Gasteiger partial charge in [-0.3, -0.25) is 0 Å². The Morgan fingerprint density at radius 2 is 1.87 bits per heavy atom. The monoisotopic (exact) mass is 408 g/mol. The smallest absolute Gasteiger partial charge is 0.168 e. The van der Waals surface area contributed by atoms with Gasteiger partial charge in [-0.25, -0.2) is 4.39 Å². The van der Waals surface area contributed by atoms with Gasteiger partial charge in [0.15, 0.2) is 5.75 Å². The highest BCUT2D eigenvalue weighted by molar-refractivity contribution is 5.45. The molecule has 0 saturated heterocycles. The molecule has 156 valence electrons. The zero-order valence-corrected chi connectivity index (χ0v) is 16.9. The van der Waals surface area contributed by atoms with E-state index in [2.05, 4.69) is 0 Å². The van der Waals surface area contributed by atoms with Crippen molar-refractivity contribution in [3.8, 4) is 5.75 Å². The third-order valence-corrected chi connectivity index (χ3v) is 5.37. The van der Waals surface area contributed by atoms with Crippen molar-refractivity contribution in [2.75, 3.05) is 13.2 Å². The van der Waals surface area contributed by atoms with Gasteiger partial charge in [-0.15, -0.1) is 0 Å². The molecule has 1 aliphatic rings. The minimum Gasteiger partial charge on any atom is -0.380 e. The first-order chi connectivity index (χ1) is 14.6. The number of halogens is 1. The first-order valence-corrected chi connectivity index (χ1v) is 10.2. The highest BCUT2D eigenvalue weighted by Crippen LogP contribution is 2.37. The van der Waals surface area contributed by atoms with Crippen LogP contribution in [0.5, 0.6) is 5.75 Å². The predicted molar refractivity (Wildman–Crippen MR) is 112 cm³/mol. The summed E-state index contributed by atoms with van der Waals surface area (Å²) in [4.78, 5) is 10.8. The van der Waals surface area contributed by atoms with E-state index in [9.17, 15) is 9.50 Å². The molecule has 3 aromatic rings. The second kappa shape index (κ2) is 8.96. The molecular weight excluding hydrogens is 383 g/mol. The molecule has 2 atom stereocenters. The fourth-order valence-electron chi connectivity index (χ4n) is 3.84. The van der Waals surface area contributed by atoms with Crippen molar-refractivity contribution in [1.29, 1.82) is 0 Å². The Labute approximate surface area is 175 Å². The minimum absolute atomic E-state index is 0.208. The van der Waals surface area contributed by atoms with E-state index in [4.69, 9.17) is 14.5 Å². The number of hydrogen-bond donors (Lipinski definition) is 1. The van der Waals surface area contributed by atoms with Gasteiger partial charge in [-0.1, -0.05) is 48.5 Å². The van der Waals surface area contributed by atoms with Gasteiger partial charge in [0.05, 0.1) is 6.61 Å². The number of rotatable bonds is 7. The summed E-state index contributed by atoms with van der Waals surface area (Å²) in [6, 6.07) is 21.4. The molecule has 1 aliphatic heterocycles.